The summed E-state index contributed by atoms with van der Waals surface area (Å²) in [6.45, 7) is 8.24. The van der Waals surface area contributed by atoms with E-state index in [2.05, 4.69) is 144 Å². The van der Waals surface area contributed by atoms with Crippen LogP contribution in [-0.2, 0) is 0 Å². The molecule has 38 heavy (non-hydrogen) atoms. The Labute approximate surface area is 223 Å². The van der Waals surface area contributed by atoms with Gasteiger partial charge in [0.1, 0.15) is 0 Å². The van der Waals surface area contributed by atoms with Gasteiger partial charge < -0.3 is 9.47 Å². The highest BCUT2D eigenvalue weighted by molar-refractivity contribution is 6.09. The molecule has 1 aromatic heterocycles. The van der Waals surface area contributed by atoms with Gasteiger partial charge in [0.2, 0.25) is 0 Å². The monoisotopic (exact) mass is 488 g/mol. The van der Waals surface area contributed by atoms with Crippen molar-refractivity contribution in [2.24, 2.45) is 0 Å². The second-order valence-corrected chi connectivity index (χ2v) is 9.88. The average Bonchev–Trinajstić information content (AvgIpc) is 3.50. The fourth-order valence-corrected chi connectivity index (χ4v) is 6.14. The molecule has 1 aliphatic rings. The molecule has 2 nitrogen and oxygen atoms in total. The molecule has 7 rings (SSSR count). The van der Waals surface area contributed by atoms with Crippen LogP contribution in [0.5, 0.6) is 0 Å². The van der Waals surface area contributed by atoms with Crippen LogP contribution >= 0.6 is 0 Å². The van der Waals surface area contributed by atoms with Crippen molar-refractivity contribution in [2.75, 3.05) is 4.90 Å². The zero-order valence-electron chi connectivity index (χ0n) is 21.2. The number of nitrogens with zero attached hydrogens (tertiary/aromatic N) is 2. The zero-order valence-corrected chi connectivity index (χ0v) is 21.2. The van der Waals surface area contributed by atoms with Gasteiger partial charge in [-0.05, 0) is 59.2 Å². The van der Waals surface area contributed by atoms with Crippen LogP contribution in [0.2, 0.25) is 0 Å². The normalized spacial score (nSPS) is 16.6. The SMILES string of the molecule is C=CC1c2ccccc2N(c2ccc(-c3ccc(-n4c5ccccc5c5ccccc54)cc3)cc2)C1C=C. The smallest absolute Gasteiger partial charge is 0.0623 e. The topological polar surface area (TPSA) is 8.17 Å². The number of aromatic nitrogens is 1. The van der Waals surface area contributed by atoms with Crippen LogP contribution in [0.15, 0.2) is 147 Å². The lowest BCUT2D eigenvalue weighted by molar-refractivity contribution is 0.755. The highest BCUT2D eigenvalue weighted by atomic mass is 15.2. The van der Waals surface area contributed by atoms with Crippen LogP contribution in [0.3, 0.4) is 0 Å². The molecule has 0 saturated heterocycles. The Morgan fingerprint density at radius 1 is 0.526 bits per heavy atom. The molecule has 0 spiro atoms. The van der Waals surface area contributed by atoms with Gasteiger partial charge in [0.15, 0.2) is 0 Å². The van der Waals surface area contributed by atoms with E-state index in [1.807, 2.05) is 12.2 Å². The molecule has 2 heterocycles. The van der Waals surface area contributed by atoms with E-state index in [-0.39, 0.29) is 12.0 Å². The van der Waals surface area contributed by atoms with Crippen molar-refractivity contribution < 1.29 is 0 Å². The van der Waals surface area contributed by atoms with Crippen LogP contribution in [-0.4, -0.2) is 10.6 Å². The second kappa shape index (κ2) is 8.93. The molecule has 1 aliphatic heterocycles. The Hall–Kier alpha value is -4.82. The minimum Gasteiger partial charge on any atom is -0.333 e. The third-order valence-corrected chi connectivity index (χ3v) is 7.90. The third-order valence-electron chi connectivity index (χ3n) is 7.90. The van der Waals surface area contributed by atoms with Gasteiger partial charge in [0.25, 0.3) is 0 Å². The average molecular weight is 489 g/mol. The largest absolute Gasteiger partial charge is 0.333 e. The third kappa shape index (κ3) is 3.34. The minimum absolute atomic E-state index is 0.154. The zero-order chi connectivity index (χ0) is 25.6. The maximum atomic E-state index is 4.14. The number of hydrogen-bond donors (Lipinski definition) is 0. The van der Waals surface area contributed by atoms with Gasteiger partial charge >= 0.3 is 0 Å². The molecular weight excluding hydrogens is 460 g/mol. The summed E-state index contributed by atoms with van der Waals surface area (Å²) in [6.07, 6.45) is 4.08. The van der Waals surface area contributed by atoms with Crippen molar-refractivity contribution in [3.05, 3.63) is 152 Å². The standard InChI is InChI=1S/C36H28N2/c1-3-29-30-11-5-8-14-34(30)37(33(29)4-2)27-21-17-25(18-22-27)26-19-23-28(24-20-26)38-35-15-9-6-12-31(35)32-13-7-10-16-36(32)38/h3-24,29,33H,1-2H2. The van der Waals surface area contributed by atoms with Gasteiger partial charge in [-0.15, -0.1) is 13.2 Å². The molecule has 2 heteroatoms. The highest BCUT2D eigenvalue weighted by Gasteiger charge is 2.35. The van der Waals surface area contributed by atoms with E-state index in [4.69, 9.17) is 0 Å². The molecule has 2 unspecified atom stereocenters. The lowest BCUT2D eigenvalue weighted by atomic mass is 9.95. The summed E-state index contributed by atoms with van der Waals surface area (Å²) in [5, 5.41) is 2.56. The number of fused-ring (bicyclic) bond motifs is 4. The quantitative estimate of drug-likeness (QED) is 0.219. The summed E-state index contributed by atoms with van der Waals surface area (Å²) < 4.78 is 2.35. The molecule has 0 fully saturated rings. The molecule has 182 valence electrons. The molecule has 0 bridgehead atoms. The number of para-hydroxylation sites is 3. The lowest BCUT2D eigenvalue weighted by Gasteiger charge is -2.27. The van der Waals surface area contributed by atoms with E-state index in [1.54, 1.807) is 0 Å². The Balaban J connectivity index is 1.24. The van der Waals surface area contributed by atoms with E-state index in [0.29, 0.717) is 0 Å². The van der Waals surface area contributed by atoms with E-state index >= 15 is 0 Å². The minimum atomic E-state index is 0.154. The first-order valence-electron chi connectivity index (χ1n) is 13.1. The van der Waals surface area contributed by atoms with Crippen LogP contribution in [0.1, 0.15) is 11.5 Å². The Kier molecular flexibility index (Phi) is 5.26. The van der Waals surface area contributed by atoms with Crippen LogP contribution in [0.4, 0.5) is 11.4 Å². The molecule has 2 atom stereocenters. The number of benzene rings is 5. The highest BCUT2D eigenvalue weighted by Crippen LogP contribution is 2.46. The summed E-state index contributed by atoms with van der Waals surface area (Å²) in [5.74, 6) is 0.233. The predicted molar refractivity (Wildman–Crippen MR) is 162 cm³/mol. The molecule has 0 radical (unpaired) electrons. The molecule has 0 amide bonds. The summed E-state index contributed by atoms with van der Waals surface area (Å²) >= 11 is 0. The first-order chi connectivity index (χ1) is 18.8. The summed E-state index contributed by atoms with van der Waals surface area (Å²) in [4.78, 5) is 2.38. The molecule has 6 aromatic rings. The maximum Gasteiger partial charge on any atom is 0.0623 e. The van der Waals surface area contributed by atoms with Crippen molar-refractivity contribution in [2.45, 2.75) is 12.0 Å². The summed E-state index contributed by atoms with van der Waals surface area (Å²) in [7, 11) is 0. The van der Waals surface area contributed by atoms with Gasteiger partial charge in [-0.25, -0.2) is 0 Å². The van der Waals surface area contributed by atoms with Gasteiger partial charge in [0, 0.05) is 33.8 Å². The first kappa shape index (κ1) is 22.4. The number of anilines is 2. The van der Waals surface area contributed by atoms with Crippen molar-refractivity contribution in [1.82, 2.24) is 4.57 Å². The van der Waals surface area contributed by atoms with Crippen LogP contribution < -0.4 is 4.90 Å². The number of rotatable bonds is 5. The second-order valence-electron chi connectivity index (χ2n) is 9.88. The van der Waals surface area contributed by atoms with Gasteiger partial charge in [-0.3, -0.25) is 0 Å². The Morgan fingerprint density at radius 2 is 1.05 bits per heavy atom. The van der Waals surface area contributed by atoms with E-state index in [0.717, 1.165) is 5.69 Å². The fraction of sp³-hybridized carbons (Fsp3) is 0.0556. The Bertz CT molecular complexity index is 1750. The van der Waals surface area contributed by atoms with Crippen molar-refractivity contribution in [3.63, 3.8) is 0 Å². The lowest BCUT2D eigenvalue weighted by Crippen LogP contribution is -2.27. The predicted octanol–water partition coefficient (Wildman–Crippen LogP) is 9.43. The molecule has 0 saturated carbocycles. The van der Waals surface area contributed by atoms with E-state index in [9.17, 15) is 0 Å². The molecular formula is C36H28N2. The summed E-state index contributed by atoms with van der Waals surface area (Å²) in [6, 6.07) is 43.8. The van der Waals surface area contributed by atoms with Gasteiger partial charge in [-0.2, -0.15) is 0 Å². The first-order valence-corrected chi connectivity index (χ1v) is 13.1. The van der Waals surface area contributed by atoms with Crippen molar-refractivity contribution >= 4 is 33.2 Å². The summed E-state index contributed by atoms with van der Waals surface area (Å²) in [5.41, 5.74) is 9.72. The van der Waals surface area contributed by atoms with Crippen molar-refractivity contribution in [3.8, 4) is 16.8 Å². The Morgan fingerprint density at radius 3 is 1.63 bits per heavy atom. The van der Waals surface area contributed by atoms with Crippen molar-refractivity contribution in [1.29, 1.82) is 0 Å². The van der Waals surface area contributed by atoms with E-state index < -0.39 is 0 Å². The molecule has 0 N–H and O–H groups in total. The van der Waals surface area contributed by atoms with Crippen LogP contribution in [0, 0.1) is 0 Å². The fourth-order valence-electron chi connectivity index (χ4n) is 6.14. The maximum absolute atomic E-state index is 4.14. The van der Waals surface area contributed by atoms with Crippen LogP contribution in [0.25, 0.3) is 38.6 Å². The van der Waals surface area contributed by atoms with Gasteiger partial charge in [-0.1, -0.05) is 91.0 Å². The molecule has 0 aliphatic carbocycles. The number of hydrogen-bond acceptors (Lipinski definition) is 1. The van der Waals surface area contributed by atoms with Gasteiger partial charge in [0.05, 0.1) is 17.1 Å². The van der Waals surface area contributed by atoms with E-state index in [1.165, 1.54) is 49.9 Å². The molecule has 5 aromatic carbocycles.